The highest BCUT2D eigenvalue weighted by Gasteiger charge is 2.30. The van der Waals surface area contributed by atoms with Crippen LogP contribution in [0.2, 0.25) is 0 Å². The van der Waals surface area contributed by atoms with Crippen molar-refractivity contribution >= 4 is 17.5 Å². The van der Waals surface area contributed by atoms with E-state index in [-0.39, 0.29) is 17.7 Å². The Kier molecular flexibility index (Phi) is 6.55. The number of ether oxygens (including phenoxy) is 1. The van der Waals surface area contributed by atoms with E-state index in [1.54, 1.807) is 0 Å². The first-order valence-corrected chi connectivity index (χ1v) is 9.96. The lowest BCUT2D eigenvalue weighted by Crippen LogP contribution is -3.16. The number of piperidine rings is 1. The number of amides is 2. The molecular weight excluding hydrogens is 344 g/mol. The molecule has 0 aromatic heterocycles. The number of quaternary nitrogens is 1. The van der Waals surface area contributed by atoms with E-state index in [1.165, 1.54) is 4.90 Å². The van der Waals surface area contributed by atoms with Gasteiger partial charge in [-0.3, -0.25) is 9.59 Å². The summed E-state index contributed by atoms with van der Waals surface area (Å²) < 4.78 is 5.74. The molecule has 148 valence electrons. The van der Waals surface area contributed by atoms with Gasteiger partial charge in [0.2, 0.25) is 5.91 Å². The molecule has 0 radical (unpaired) electrons. The number of piperazine rings is 1. The number of hydrogen-bond donors (Lipinski definition) is 2. The van der Waals surface area contributed by atoms with Crippen LogP contribution in [-0.2, 0) is 9.59 Å². The molecule has 0 unspecified atom stereocenters. The summed E-state index contributed by atoms with van der Waals surface area (Å²) in [4.78, 5) is 29.5. The number of nitrogens with one attached hydrogen (secondary N) is 1. The van der Waals surface area contributed by atoms with Crippen molar-refractivity contribution in [1.29, 1.82) is 0 Å². The number of benzene rings is 1. The van der Waals surface area contributed by atoms with Crippen LogP contribution in [0.5, 0.6) is 5.75 Å². The zero-order chi connectivity index (χ0) is 19.2. The quantitative estimate of drug-likeness (QED) is 0.704. The molecule has 1 aromatic rings. The number of hydrogen-bond acceptors (Lipinski definition) is 4. The van der Waals surface area contributed by atoms with Gasteiger partial charge in [-0.2, -0.15) is 0 Å². The second-order valence-corrected chi connectivity index (χ2v) is 7.40. The lowest BCUT2D eigenvalue weighted by atomic mass is 9.97. The lowest BCUT2D eigenvalue weighted by Gasteiger charge is -2.36. The van der Waals surface area contributed by atoms with Gasteiger partial charge in [-0.25, -0.2) is 0 Å². The summed E-state index contributed by atoms with van der Waals surface area (Å²) in [6.07, 6.45) is 1.65. The first-order chi connectivity index (χ1) is 13.1. The van der Waals surface area contributed by atoms with Gasteiger partial charge in [-0.05, 0) is 31.9 Å². The molecule has 0 spiro atoms. The predicted octanol–water partition coefficient (Wildman–Crippen LogP) is -0.486. The fourth-order valence-corrected chi connectivity index (χ4v) is 4.00. The van der Waals surface area contributed by atoms with Crippen molar-refractivity contribution in [2.45, 2.75) is 19.8 Å². The van der Waals surface area contributed by atoms with Gasteiger partial charge >= 0.3 is 0 Å². The van der Waals surface area contributed by atoms with E-state index in [2.05, 4.69) is 11.0 Å². The van der Waals surface area contributed by atoms with Crippen molar-refractivity contribution in [3.05, 3.63) is 24.3 Å². The summed E-state index contributed by atoms with van der Waals surface area (Å²) in [7, 11) is 0. The van der Waals surface area contributed by atoms with Crippen molar-refractivity contribution in [3.8, 4) is 5.75 Å². The van der Waals surface area contributed by atoms with Gasteiger partial charge in [0.1, 0.15) is 5.75 Å². The molecule has 3 N–H and O–H groups in total. The van der Waals surface area contributed by atoms with Gasteiger partial charge in [0.05, 0.1) is 44.4 Å². The number of rotatable bonds is 6. The van der Waals surface area contributed by atoms with Crippen molar-refractivity contribution in [1.82, 2.24) is 4.90 Å². The third-order valence-electron chi connectivity index (χ3n) is 5.55. The van der Waals surface area contributed by atoms with Crippen LogP contribution in [0.1, 0.15) is 19.8 Å². The minimum absolute atomic E-state index is 0.138. The Morgan fingerprint density at radius 3 is 2.67 bits per heavy atom. The molecule has 0 aliphatic carbocycles. The maximum atomic E-state index is 12.6. The number of primary amides is 1. The highest BCUT2D eigenvalue weighted by atomic mass is 16.5. The lowest BCUT2D eigenvalue weighted by molar-refractivity contribution is -0.892. The minimum atomic E-state index is -0.290. The van der Waals surface area contributed by atoms with E-state index in [0.29, 0.717) is 19.7 Å². The van der Waals surface area contributed by atoms with Gasteiger partial charge in [-0.1, -0.05) is 12.1 Å². The summed E-state index contributed by atoms with van der Waals surface area (Å²) in [5, 5.41) is 0. The van der Waals surface area contributed by atoms with E-state index >= 15 is 0 Å². The number of para-hydroxylation sites is 2. The van der Waals surface area contributed by atoms with Gasteiger partial charge < -0.3 is 25.2 Å². The Morgan fingerprint density at radius 1 is 1.22 bits per heavy atom. The van der Waals surface area contributed by atoms with E-state index in [4.69, 9.17) is 10.5 Å². The number of anilines is 1. The monoisotopic (exact) mass is 375 g/mol. The number of carbonyl (C=O) groups is 2. The Morgan fingerprint density at radius 2 is 1.96 bits per heavy atom. The second kappa shape index (κ2) is 9.08. The molecule has 7 heteroatoms. The second-order valence-electron chi connectivity index (χ2n) is 7.40. The minimum Gasteiger partial charge on any atom is -0.492 e. The number of nitrogens with zero attached hydrogens (tertiary/aromatic N) is 2. The van der Waals surface area contributed by atoms with Crippen molar-refractivity contribution in [2.24, 2.45) is 11.7 Å². The topological polar surface area (TPSA) is 80.3 Å². The normalized spacial score (nSPS) is 21.1. The standard InChI is InChI=1S/C20H30N4O3/c1-2-27-18-8-4-3-7-17(18)23-12-10-22(11-13-23)15-19(25)24-9-5-6-16(14-24)20(21)26/h3-4,7-8,16H,2,5-6,9-15H2,1H3,(H2,21,26)/p+1/t16-/m0/s1. The number of nitrogens with two attached hydrogens (primary N) is 1. The van der Waals surface area contributed by atoms with Crippen LogP contribution in [0.25, 0.3) is 0 Å². The average molecular weight is 375 g/mol. The molecular formula is C20H31N4O3+. The largest absolute Gasteiger partial charge is 0.492 e. The molecule has 2 saturated heterocycles. The molecule has 2 heterocycles. The Labute approximate surface area is 161 Å². The van der Waals surface area contributed by atoms with Gasteiger partial charge in [0.15, 0.2) is 6.54 Å². The van der Waals surface area contributed by atoms with Crippen molar-refractivity contribution in [3.63, 3.8) is 0 Å². The number of carbonyl (C=O) groups excluding carboxylic acids is 2. The van der Waals surface area contributed by atoms with E-state index in [9.17, 15) is 9.59 Å². The molecule has 2 amide bonds. The van der Waals surface area contributed by atoms with Crippen LogP contribution in [-0.4, -0.2) is 69.1 Å². The predicted molar refractivity (Wildman–Crippen MR) is 104 cm³/mol. The molecule has 1 aromatic carbocycles. The van der Waals surface area contributed by atoms with Crippen LogP contribution in [0.15, 0.2) is 24.3 Å². The smallest absolute Gasteiger partial charge is 0.277 e. The molecule has 2 aliphatic heterocycles. The number of likely N-dealkylation sites (tertiary alicyclic amines) is 1. The fourth-order valence-electron chi connectivity index (χ4n) is 4.00. The molecule has 1 atom stereocenters. The van der Waals surface area contributed by atoms with Crippen molar-refractivity contribution in [2.75, 3.05) is 57.3 Å². The first kappa shape index (κ1) is 19.5. The molecule has 0 saturated carbocycles. The van der Waals surface area contributed by atoms with Crippen LogP contribution >= 0.6 is 0 Å². The SMILES string of the molecule is CCOc1ccccc1N1CC[NH+](CC(=O)N2CCC[C@H](C(N)=O)C2)CC1. The Hall–Kier alpha value is -2.28. The molecule has 2 aliphatic rings. The highest BCUT2D eigenvalue weighted by Crippen LogP contribution is 2.27. The molecule has 7 nitrogen and oxygen atoms in total. The summed E-state index contributed by atoms with van der Waals surface area (Å²) >= 11 is 0. The van der Waals surface area contributed by atoms with Crippen LogP contribution < -0.4 is 20.3 Å². The first-order valence-electron chi connectivity index (χ1n) is 9.96. The summed E-state index contributed by atoms with van der Waals surface area (Å²) in [5.41, 5.74) is 6.55. The van der Waals surface area contributed by atoms with Crippen LogP contribution in [0, 0.1) is 5.92 Å². The van der Waals surface area contributed by atoms with E-state index in [1.807, 2.05) is 30.0 Å². The van der Waals surface area contributed by atoms with Crippen LogP contribution in [0.3, 0.4) is 0 Å². The summed E-state index contributed by atoms with van der Waals surface area (Å²) in [6.45, 7) is 7.99. The summed E-state index contributed by atoms with van der Waals surface area (Å²) in [5.74, 6) is 0.579. The molecule has 2 fully saturated rings. The third kappa shape index (κ3) is 4.91. The van der Waals surface area contributed by atoms with E-state index < -0.39 is 0 Å². The zero-order valence-electron chi connectivity index (χ0n) is 16.2. The Balaban J connectivity index is 1.51. The van der Waals surface area contributed by atoms with E-state index in [0.717, 1.165) is 57.0 Å². The zero-order valence-corrected chi connectivity index (χ0v) is 16.2. The maximum Gasteiger partial charge on any atom is 0.277 e. The Bertz CT molecular complexity index is 658. The average Bonchev–Trinajstić information content (AvgIpc) is 2.69. The highest BCUT2D eigenvalue weighted by molar-refractivity contribution is 5.80. The molecule has 0 bridgehead atoms. The summed E-state index contributed by atoms with van der Waals surface area (Å²) in [6, 6.07) is 8.13. The van der Waals surface area contributed by atoms with Crippen LogP contribution in [0.4, 0.5) is 5.69 Å². The van der Waals surface area contributed by atoms with Crippen molar-refractivity contribution < 1.29 is 19.2 Å². The maximum absolute atomic E-state index is 12.6. The van der Waals surface area contributed by atoms with Gasteiger partial charge in [0.25, 0.3) is 5.91 Å². The fraction of sp³-hybridized carbons (Fsp3) is 0.600. The van der Waals surface area contributed by atoms with Gasteiger partial charge in [0, 0.05) is 13.1 Å². The molecule has 3 rings (SSSR count). The third-order valence-corrected chi connectivity index (χ3v) is 5.55. The molecule has 27 heavy (non-hydrogen) atoms. The van der Waals surface area contributed by atoms with Gasteiger partial charge in [-0.15, -0.1) is 0 Å².